The lowest BCUT2D eigenvalue weighted by molar-refractivity contribution is -0.117. The Hall–Kier alpha value is -1.90. The molecule has 0 aliphatic carbocycles. The summed E-state index contributed by atoms with van der Waals surface area (Å²) >= 11 is 0. The number of hydrogen-bond donors (Lipinski definition) is 1. The summed E-state index contributed by atoms with van der Waals surface area (Å²) in [5.74, 6) is -0.301. The fourth-order valence-corrected chi connectivity index (χ4v) is 1.38. The minimum atomic E-state index is -0.353. The molecular weight excluding hydrogens is 202 g/mol. The summed E-state index contributed by atoms with van der Waals surface area (Å²) < 4.78 is 0. The number of aryl methyl sites for hydroxylation is 1. The van der Waals surface area contributed by atoms with Crippen LogP contribution in [0.25, 0.3) is 6.08 Å². The van der Waals surface area contributed by atoms with Crippen LogP contribution in [-0.4, -0.2) is 11.7 Å². The van der Waals surface area contributed by atoms with Crippen LogP contribution in [0.4, 0.5) is 0 Å². The molecular formula is C13H15NO2. The van der Waals surface area contributed by atoms with Crippen LogP contribution in [0.3, 0.4) is 0 Å². The van der Waals surface area contributed by atoms with Crippen molar-refractivity contribution in [3.63, 3.8) is 0 Å². The zero-order valence-corrected chi connectivity index (χ0v) is 9.49. The summed E-state index contributed by atoms with van der Waals surface area (Å²) in [4.78, 5) is 21.7. The maximum Gasteiger partial charge on any atom is 0.221 e. The van der Waals surface area contributed by atoms with Crippen LogP contribution in [0.5, 0.6) is 0 Å². The summed E-state index contributed by atoms with van der Waals surface area (Å²) in [5, 5.41) is 0. The molecule has 1 rings (SSSR count). The van der Waals surface area contributed by atoms with Crippen LogP contribution in [-0.2, 0) is 4.79 Å². The predicted molar refractivity (Wildman–Crippen MR) is 64.0 cm³/mol. The summed E-state index contributed by atoms with van der Waals surface area (Å²) in [5.41, 5.74) is 7.72. The number of primary amides is 1. The van der Waals surface area contributed by atoms with Crippen LogP contribution < -0.4 is 5.73 Å². The average Bonchev–Trinajstić information content (AvgIpc) is 2.19. The van der Waals surface area contributed by atoms with Gasteiger partial charge in [0.25, 0.3) is 0 Å². The van der Waals surface area contributed by atoms with E-state index in [9.17, 15) is 9.59 Å². The summed E-state index contributed by atoms with van der Waals surface area (Å²) in [7, 11) is 0. The quantitative estimate of drug-likeness (QED) is 0.785. The number of Topliss-reactive ketones (excluding diaryl/α,β-unsaturated/α-hetero) is 1. The smallest absolute Gasteiger partial charge is 0.221 e. The second-order valence-electron chi connectivity index (χ2n) is 3.70. The molecule has 0 atom stereocenters. The van der Waals surface area contributed by atoms with E-state index in [-0.39, 0.29) is 18.1 Å². The molecule has 84 valence electrons. The largest absolute Gasteiger partial charge is 0.369 e. The van der Waals surface area contributed by atoms with Crippen LogP contribution in [0, 0.1) is 6.92 Å². The van der Waals surface area contributed by atoms with Crippen LogP contribution in [0.2, 0.25) is 0 Å². The summed E-state index contributed by atoms with van der Waals surface area (Å²) in [6.07, 6.45) is 3.79. The van der Waals surface area contributed by atoms with Gasteiger partial charge in [-0.1, -0.05) is 24.3 Å². The van der Waals surface area contributed by atoms with Crippen LogP contribution in [0.1, 0.15) is 34.8 Å². The third-order valence-electron chi connectivity index (χ3n) is 2.29. The summed E-state index contributed by atoms with van der Waals surface area (Å²) in [6.45, 7) is 3.47. The first-order chi connectivity index (χ1) is 7.50. The average molecular weight is 217 g/mol. The zero-order chi connectivity index (χ0) is 12.1. The standard InChI is InChI=1S/C13H15NO2/c1-9-8-12(10(2)15)7-6-11(9)4-3-5-13(14)16/h3-4,6-8H,5H2,1-2H3,(H2,14,16). The number of benzene rings is 1. The first-order valence-corrected chi connectivity index (χ1v) is 5.07. The Morgan fingerprint density at radius 3 is 2.56 bits per heavy atom. The van der Waals surface area contributed by atoms with E-state index in [0.29, 0.717) is 5.56 Å². The molecule has 0 aliphatic rings. The van der Waals surface area contributed by atoms with E-state index in [0.717, 1.165) is 11.1 Å². The van der Waals surface area contributed by atoms with Crippen molar-refractivity contribution in [3.8, 4) is 0 Å². The van der Waals surface area contributed by atoms with Gasteiger partial charge in [-0.25, -0.2) is 0 Å². The van der Waals surface area contributed by atoms with Crippen molar-refractivity contribution in [2.75, 3.05) is 0 Å². The molecule has 2 N–H and O–H groups in total. The van der Waals surface area contributed by atoms with Gasteiger partial charge in [-0.05, 0) is 31.0 Å². The van der Waals surface area contributed by atoms with Crippen molar-refractivity contribution in [1.82, 2.24) is 0 Å². The molecule has 0 saturated carbocycles. The first kappa shape index (κ1) is 12.2. The lowest BCUT2D eigenvalue weighted by atomic mass is 10.0. The molecule has 0 aromatic heterocycles. The topological polar surface area (TPSA) is 60.2 Å². The Bertz CT molecular complexity index is 447. The number of amides is 1. The third kappa shape index (κ3) is 3.35. The van der Waals surface area contributed by atoms with Gasteiger partial charge in [0.1, 0.15) is 0 Å². The minimum Gasteiger partial charge on any atom is -0.369 e. The second kappa shape index (κ2) is 5.26. The van der Waals surface area contributed by atoms with E-state index in [4.69, 9.17) is 5.73 Å². The van der Waals surface area contributed by atoms with Crippen molar-refractivity contribution in [2.24, 2.45) is 5.73 Å². The van der Waals surface area contributed by atoms with Gasteiger partial charge in [0.2, 0.25) is 5.91 Å². The molecule has 1 amide bonds. The Kier molecular flexibility index (Phi) is 4.00. The molecule has 1 aromatic rings. The molecule has 0 bridgehead atoms. The van der Waals surface area contributed by atoms with Crippen LogP contribution >= 0.6 is 0 Å². The van der Waals surface area contributed by atoms with E-state index >= 15 is 0 Å². The maximum absolute atomic E-state index is 11.1. The third-order valence-corrected chi connectivity index (χ3v) is 2.29. The Morgan fingerprint density at radius 2 is 2.06 bits per heavy atom. The molecule has 0 unspecified atom stereocenters. The van der Waals surface area contributed by atoms with Gasteiger partial charge in [-0.15, -0.1) is 0 Å². The Balaban J connectivity index is 2.87. The van der Waals surface area contributed by atoms with Gasteiger partial charge in [-0.2, -0.15) is 0 Å². The molecule has 3 heteroatoms. The molecule has 0 heterocycles. The molecule has 1 aromatic carbocycles. The highest BCUT2D eigenvalue weighted by molar-refractivity contribution is 5.94. The fraction of sp³-hybridized carbons (Fsp3) is 0.231. The van der Waals surface area contributed by atoms with Crippen molar-refractivity contribution in [2.45, 2.75) is 20.3 Å². The SMILES string of the molecule is CC(=O)c1ccc(C=CCC(N)=O)c(C)c1. The van der Waals surface area contributed by atoms with Crippen LogP contribution in [0.15, 0.2) is 24.3 Å². The molecule has 3 nitrogen and oxygen atoms in total. The normalized spacial score (nSPS) is 10.6. The molecule has 0 fully saturated rings. The van der Waals surface area contributed by atoms with Crippen molar-refractivity contribution < 1.29 is 9.59 Å². The molecule has 0 aliphatic heterocycles. The number of ketones is 1. The van der Waals surface area contributed by atoms with Crippen molar-refractivity contribution in [3.05, 3.63) is 41.0 Å². The minimum absolute atomic E-state index is 0.0516. The van der Waals surface area contributed by atoms with E-state index < -0.39 is 0 Å². The maximum atomic E-state index is 11.1. The van der Waals surface area contributed by atoms with E-state index in [1.165, 1.54) is 6.92 Å². The highest BCUT2D eigenvalue weighted by Crippen LogP contribution is 2.13. The second-order valence-corrected chi connectivity index (χ2v) is 3.70. The van der Waals surface area contributed by atoms with Gasteiger partial charge in [0.15, 0.2) is 5.78 Å². The Labute approximate surface area is 95.0 Å². The monoisotopic (exact) mass is 217 g/mol. The highest BCUT2D eigenvalue weighted by atomic mass is 16.1. The summed E-state index contributed by atoms with van der Waals surface area (Å²) in [6, 6.07) is 5.48. The van der Waals surface area contributed by atoms with E-state index in [2.05, 4.69) is 0 Å². The number of nitrogens with two attached hydrogens (primary N) is 1. The van der Waals surface area contributed by atoms with Gasteiger partial charge < -0.3 is 5.73 Å². The van der Waals surface area contributed by atoms with Gasteiger partial charge in [0.05, 0.1) is 0 Å². The molecule has 16 heavy (non-hydrogen) atoms. The number of hydrogen-bond acceptors (Lipinski definition) is 2. The highest BCUT2D eigenvalue weighted by Gasteiger charge is 2.01. The van der Waals surface area contributed by atoms with Gasteiger partial charge in [0, 0.05) is 12.0 Å². The molecule has 0 spiro atoms. The van der Waals surface area contributed by atoms with E-state index in [1.807, 2.05) is 25.1 Å². The number of carbonyl (C=O) groups excluding carboxylic acids is 2. The van der Waals surface area contributed by atoms with Crippen molar-refractivity contribution in [1.29, 1.82) is 0 Å². The van der Waals surface area contributed by atoms with Crippen molar-refractivity contribution >= 4 is 17.8 Å². The number of carbonyl (C=O) groups is 2. The lowest BCUT2D eigenvalue weighted by Gasteiger charge is -2.02. The first-order valence-electron chi connectivity index (χ1n) is 5.07. The molecule has 0 saturated heterocycles. The van der Waals surface area contributed by atoms with Gasteiger partial charge in [-0.3, -0.25) is 9.59 Å². The Morgan fingerprint density at radius 1 is 1.38 bits per heavy atom. The number of rotatable bonds is 4. The predicted octanol–water partition coefficient (Wildman–Crippen LogP) is 2.09. The van der Waals surface area contributed by atoms with Gasteiger partial charge >= 0.3 is 0 Å². The van der Waals surface area contributed by atoms with E-state index in [1.54, 1.807) is 12.1 Å². The lowest BCUT2D eigenvalue weighted by Crippen LogP contribution is -2.07. The molecule has 0 radical (unpaired) electrons. The fourth-order valence-electron chi connectivity index (χ4n) is 1.38. The zero-order valence-electron chi connectivity index (χ0n) is 9.49.